The molecule has 0 aliphatic carbocycles. The molecule has 19 heavy (non-hydrogen) atoms. The first kappa shape index (κ1) is 14.5. The molecule has 1 aliphatic rings. The predicted molar refractivity (Wildman–Crippen MR) is 75.2 cm³/mol. The molecule has 0 atom stereocenters. The van der Waals surface area contributed by atoms with Crippen LogP contribution < -0.4 is 5.46 Å². The van der Waals surface area contributed by atoms with Crippen LogP contribution in [0.5, 0.6) is 0 Å². The maximum Gasteiger partial charge on any atom is 0.496 e. The molecule has 1 aromatic heterocycles. The Morgan fingerprint density at radius 3 is 2.00 bits per heavy atom. The van der Waals surface area contributed by atoms with Crippen LogP contribution in [0.15, 0.2) is 18.3 Å². The third-order valence-electron chi connectivity index (χ3n) is 3.94. The summed E-state index contributed by atoms with van der Waals surface area (Å²) >= 11 is 0. The molecule has 2 rings (SSSR count). The molecule has 4 nitrogen and oxygen atoms in total. The van der Waals surface area contributed by atoms with Gasteiger partial charge in [0.2, 0.25) is 0 Å². The highest BCUT2D eigenvalue weighted by Gasteiger charge is 2.51. The number of hydrogen-bond acceptors (Lipinski definition) is 4. The van der Waals surface area contributed by atoms with E-state index in [2.05, 4.69) is 4.98 Å². The standard InChI is InChI=1S/C14H22BNO3/c1-12(2,17)11-8-7-10(9-16-11)15-18-13(3,4)14(5,6)19-15/h7-9,17H,1-6H3/i12+2. The molecule has 0 bridgehead atoms. The molecule has 1 aromatic rings. The van der Waals surface area contributed by atoms with Crippen LogP contribution in [0.2, 0.25) is 0 Å². The third-order valence-corrected chi connectivity index (χ3v) is 3.94. The Morgan fingerprint density at radius 2 is 1.63 bits per heavy atom. The highest BCUT2D eigenvalue weighted by atomic mass is 16.7. The minimum Gasteiger partial charge on any atom is -0.399 e. The molecule has 5 heteroatoms. The van der Waals surface area contributed by atoms with Crippen molar-refractivity contribution in [3.63, 3.8) is 0 Å². The first-order valence-corrected chi connectivity index (χ1v) is 6.57. The van der Waals surface area contributed by atoms with Gasteiger partial charge in [0.05, 0.1) is 16.9 Å². The fraction of sp³-hybridized carbons (Fsp3) is 0.643. The second-order valence-corrected chi connectivity index (χ2v) is 6.62. The van der Waals surface area contributed by atoms with Crippen molar-refractivity contribution in [3.8, 4) is 0 Å². The summed E-state index contributed by atoms with van der Waals surface area (Å²) in [5.74, 6) is 0. The monoisotopic (exact) mass is 265 g/mol. The van der Waals surface area contributed by atoms with Gasteiger partial charge < -0.3 is 14.4 Å². The maximum absolute atomic E-state index is 9.89. The van der Waals surface area contributed by atoms with E-state index in [-0.39, 0.29) is 11.2 Å². The molecule has 104 valence electrons. The van der Waals surface area contributed by atoms with Gasteiger partial charge in [-0.15, -0.1) is 0 Å². The lowest BCUT2D eigenvalue weighted by Gasteiger charge is -2.32. The highest BCUT2D eigenvalue weighted by molar-refractivity contribution is 6.62. The Hall–Kier alpha value is -0.905. The molecular formula is C14H22BNO3. The van der Waals surface area contributed by atoms with Gasteiger partial charge in [-0.1, -0.05) is 6.07 Å². The Bertz CT molecular complexity index is 447. The molecule has 0 saturated carbocycles. The van der Waals surface area contributed by atoms with Crippen LogP contribution in [-0.4, -0.2) is 28.4 Å². The van der Waals surface area contributed by atoms with E-state index in [0.29, 0.717) is 5.69 Å². The Balaban J connectivity index is 2.22. The van der Waals surface area contributed by atoms with Gasteiger partial charge in [0, 0.05) is 11.7 Å². The Kier molecular flexibility index (Phi) is 3.28. The van der Waals surface area contributed by atoms with Gasteiger partial charge in [0.15, 0.2) is 0 Å². The Morgan fingerprint density at radius 1 is 1.11 bits per heavy atom. The van der Waals surface area contributed by atoms with Crippen molar-refractivity contribution < 1.29 is 14.4 Å². The van der Waals surface area contributed by atoms with Crippen molar-refractivity contribution >= 4 is 12.6 Å². The molecule has 0 aromatic carbocycles. The quantitative estimate of drug-likeness (QED) is 0.825. The summed E-state index contributed by atoms with van der Waals surface area (Å²) in [6.45, 7) is 11.5. The number of nitrogens with zero attached hydrogens (tertiary/aromatic N) is 1. The van der Waals surface area contributed by atoms with Crippen molar-refractivity contribution in [1.82, 2.24) is 4.98 Å². The normalized spacial score (nSPS) is 21.7. The molecule has 1 saturated heterocycles. The first-order valence-electron chi connectivity index (χ1n) is 6.57. The summed E-state index contributed by atoms with van der Waals surface area (Å²) in [7, 11) is -0.409. The van der Waals surface area contributed by atoms with Gasteiger partial charge >= 0.3 is 7.12 Å². The number of pyridine rings is 1. The predicted octanol–water partition coefficient (Wildman–Crippen LogP) is 1.61. The largest absolute Gasteiger partial charge is 0.496 e. The van der Waals surface area contributed by atoms with Crippen LogP contribution in [0.4, 0.5) is 0 Å². The van der Waals surface area contributed by atoms with Crippen LogP contribution in [0.25, 0.3) is 0 Å². The van der Waals surface area contributed by atoms with E-state index in [1.54, 1.807) is 26.1 Å². The second kappa shape index (κ2) is 4.30. The molecule has 0 radical (unpaired) electrons. The van der Waals surface area contributed by atoms with Crippen LogP contribution in [0.3, 0.4) is 0 Å². The molecule has 0 unspecified atom stereocenters. The van der Waals surface area contributed by atoms with Crippen LogP contribution in [-0.2, 0) is 14.9 Å². The van der Waals surface area contributed by atoms with E-state index < -0.39 is 12.7 Å². The van der Waals surface area contributed by atoms with E-state index >= 15 is 0 Å². The van der Waals surface area contributed by atoms with Gasteiger partial charge in [-0.3, -0.25) is 4.98 Å². The van der Waals surface area contributed by atoms with Gasteiger partial charge in [0.1, 0.15) is 5.60 Å². The van der Waals surface area contributed by atoms with E-state index in [0.717, 1.165) is 5.46 Å². The van der Waals surface area contributed by atoms with E-state index in [9.17, 15) is 5.11 Å². The summed E-state index contributed by atoms with van der Waals surface area (Å²) in [5.41, 5.74) is -0.146. The van der Waals surface area contributed by atoms with Crippen LogP contribution >= 0.6 is 0 Å². The number of aromatic nitrogens is 1. The van der Waals surface area contributed by atoms with Gasteiger partial charge in [-0.05, 0) is 47.6 Å². The first-order chi connectivity index (χ1) is 8.53. The zero-order chi connectivity index (χ0) is 14.5. The zero-order valence-corrected chi connectivity index (χ0v) is 12.5. The molecular weight excluding hydrogens is 243 g/mol. The fourth-order valence-corrected chi connectivity index (χ4v) is 1.89. The van der Waals surface area contributed by atoms with Crippen molar-refractivity contribution in [1.29, 1.82) is 0 Å². The SMILES string of the molecule is CC1(C)OB(c2ccc([14C](C)(C)O)nc2)OC1(C)C. The number of aliphatic hydroxyl groups is 1. The number of hydrogen-bond donors (Lipinski definition) is 1. The van der Waals surface area contributed by atoms with Crippen molar-refractivity contribution in [2.24, 2.45) is 0 Å². The lowest BCUT2D eigenvalue weighted by molar-refractivity contribution is 0.00578. The average molecular weight is 265 g/mol. The molecule has 0 amide bonds. The summed E-state index contributed by atoms with van der Waals surface area (Å²) in [6, 6.07) is 3.70. The van der Waals surface area contributed by atoms with Crippen molar-refractivity contribution in [2.75, 3.05) is 0 Å². The van der Waals surface area contributed by atoms with Gasteiger partial charge in [0.25, 0.3) is 0 Å². The minimum absolute atomic E-state index is 0.355. The second-order valence-electron chi connectivity index (χ2n) is 6.62. The zero-order valence-electron chi connectivity index (χ0n) is 12.5. The van der Waals surface area contributed by atoms with Crippen molar-refractivity contribution in [3.05, 3.63) is 24.0 Å². The summed E-state index contributed by atoms with van der Waals surface area (Å²) in [5, 5.41) is 9.89. The van der Waals surface area contributed by atoms with Crippen LogP contribution in [0, 0.1) is 0 Å². The maximum atomic E-state index is 9.89. The average Bonchev–Trinajstić information content (AvgIpc) is 2.47. The smallest absolute Gasteiger partial charge is 0.399 e. The highest BCUT2D eigenvalue weighted by Crippen LogP contribution is 2.36. The van der Waals surface area contributed by atoms with E-state index in [1.165, 1.54) is 0 Å². The molecule has 1 fully saturated rings. The topological polar surface area (TPSA) is 51.6 Å². The Labute approximate surface area is 115 Å². The summed E-state index contributed by atoms with van der Waals surface area (Å²) in [4.78, 5) is 4.28. The minimum atomic E-state index is -0.936. The van der Waals surface area contributed by atoms with E-state index in [1.807, 2.05) is 33.8 Å². The molecule has 2 heterocycles. The van der Waals surface area contributed by atoms with Gasteiger partial charge in [-0.25, -0.2) is 0 Å². The van der Waals surface area contributed by atoms with E-state index in [4.69, 9.17) is 9.31 Å². The lowest BCUT2D eigenvalue weighted by Crippen LogP contribution is -2.41. The summed E-state index contributed by atoms with van der Waals surface area (Å²) in [6.07, 6.45) is 1.70. The molecule has 0 spiro atoms. The third kappa shape index (κ3) is 2.68. The summed E-state index contributed by atoms with van der Waals surface area (Å²) < 4.78 is 11.9. The van der Waals surface area contributed by atoms with Crippen molar-refractivity contribution in [2.45, 2.75) is 58.3 Å². The molecule has 1 aliphatic heterocycles. The number of rotatable bonds is 2. The fourth-order valence-electron chi connectivity index (χ4n) is 1.89. The molecule has 1 N–H and O–H groups in total. The van der Waals surface area contributed by atoms with Crippen LogP contribution in [0.1, 0.15) is 47.2 Å². The van der Waals surface area contributed by atoms with Gasteiger partial charge in [-0.2, -0.15) is 0 Å². The lowest BCUT2D eigenvalue weighted by atomic mass is 9.80.